The van der Waals surface area contributed by atoms with Crippen LogP contribution in [-0.2, 0) is 70.7 Å². The van der Waals surface area contributed by atoms with Crippen molar-refractivity contribution in [2.24, 2.45) is 0 Å². The van der Waals surface area contributed by atoms with Gasteiger partial charge in [0.25, 0.3) is 10.1 Å². The van der Waals surface area contributed by atoms with Gasteiger partial charge in [-0.25, -0.2) is 37.8 Å². The van der Waals surface area contributed by atoms with Crippen LogP contribution in [0.3, 0.4) is 0 Å². The van der Waals surface area contributed by atoms with E-state index in [9.17, 15) is 18.3 Å². The van der Waals surface area contributed by atoms with E-state index in [2.05, 4.69) is 119 Å². The van der Waals surface area contributed by atoms with Crippen molar-refractivity contribution in [3.63, 3.8) is 0 Å². The van der Waals surface area contributed by atoms with Gasteiger partial charge in [0.2, 0.25) is 12.7 Å². The number of aromatic nitrogens is 14. The zero-order chi connectivity index (χ0) is 91.1. The zero-order valence-corrected chi connectivity index (χ0v) is 76.6. The van der Waals surface area contributed by atoms with E-state index in [4.69, 9.17) is 53.4 Å². The first-order chi connectivity index (χ1) is 65.2. The number of rotatable bonds is 35. The Bertz CT molecular complexity index is 6660. The van der Waals surface area contributed by atoms with Gasteiger partial charge in [-0.1, -0.05) is 127 Å². The molecule has 29 heteroatoms. The summed E-state index contributed by atoms with van der Waals surface area (Å²) in [6, 6.07) is 79.3. The van der Waals surface area contributed by atoms with Crippen LogP contribution in [-0.4, -0.2) is 208 Å². The van der Waals surface area contributed by atoms with Gasteiger partial charge in [0.15, 0.2) is 51.6 Å². The molecule has 3 N–H and O–H groups in total. The first-order valence-corrected chi connectivity index (χ1v) is 48.2. The van der Waals surface area contributed by atoms with Crippen LogP contribution in [0.1, 0.15) is 131 Å². The molecule has 0 amide bonds. The number of aliphatic hydroxyl groups is 1. The number of aryl methyl sites for hydroxylation is 3. The maximum Gasteiger partial charge on any atom is 0.338 e. The van der Waals surface area contributed by atoms with Crippen molar-refractivity contribution in [1.82, 2.24) is 88.2 Å². The highest BCUT2D eigenvalue weighted by atomic mass is 32.2. The van der Waals surface area contributed by atoms with Crippen LogP contribution in [0.25, 0.3) is 67.6 Å². The number of likely N-dealkylation sites (tertiary alicyclic amines) is 3. The van der Waals surface area contributed by atoms with Gasteiger partial charge in [-0.3, -0.25) is 8.86 Å². The lowest BCUT2D eigenvalue weighted by atomic mass is 10.1. The molecule has 7 aromatic carbocycles. The van der Waals surface area contributed by atoms with E-state index in [1.807, 2.05) is 185 Å². The Morgan fingerprint density at radius 1 is 0.451 bits per heavy atom. The van der Waals surface area contributed by atoms with Gasteiger partial charge in [-0.2, -0.15) is 33.8 Å². The molecule has 16 aromatic rings. The molecule has 0 atom stereocenters. The summed E-state index contributed by atoms with van der Waals surface area (Å²) in [6.07, 6.45) is 21.7. The summed E-state index contributed by atoms with van der Waals surface area (Å²) in [5.74, 6) is 4.92. The lowest BCUT2D eigenvalue weighted by Gasteiger charge is -2.14. The number of fused-ring (bicyclic) bond motifs is 5. The normalized spacial score (nSPS) is 13.9. The molecule has 4 aliphatic heterocycles. The van der Waals surface area contributed by atoms with Crippen LogP contribution in [0, 0.1) is 0 Å². The fourth-order valence-electron chi connectivity index (χ4n) is 17.3. The van der Waals surface area contributed by atoms with Crippen LogP contribution in [0.4, 0.5) is 11.6 Å². The molecular weight excluding hydrogens is 1690 g/mol. The van der Waals surface area contributed by atoms with Crippen molar-refractivity contribution < 1.29 is 41.4 Å². The second kappa shape index (κ2) is 44.7. The van der Waals surface area contributed by atoms with Crippen LogP contribution >= 0.6 is 0 Å². The summed E-state index contributed by atoms with van der Waals surface area (Å²) in [4.78, 5) is 38.7. The quantitative estimate of drug-likeness (QED) is 0.0189. The monoisotopic (exact) mass is 1810 g/mol. The number of carbonyl (C=O) groups is 1. The summed E-state index contributed by atoms with van der Waals surface area (Å²) in [5.41, 5.74) is 20.6. The highest BCUT2D eigenvalue weighted by Crippen LogP contribution is 2.37. The van der Waals surface area contributed by atoms with Crippen LogP contribution in [0.2, 0.25) is 0 Å². The molecule has 4 aliphatic rings. The van der Waals surface area contributed by atoms with E-state index >= 15 is 0 Å². The number of nitrogens with zero attached hydrogens (tertiary/aromatic N) is 17. The van der Waals surface area contributed by atoms with E-state index < -0.39 is 10.1 Å². The predicted octanol–water partition coefficient (Wildman–Crippen LogP) is 16.4. The maximum atomic E-state index is 12.2. The Hall–Kier alpha value is -13.4. The Morgan fingerprint density at radius 2 is 0.910 bits per heavy atom. The first-order valence-electron chi connectivity index (χ1n) is 46.4. The Morgan fingerprint density at radius 3 is 1.44 bits per heavy atom. The highest BCUT2D eigenvalue weighted by Gasteiger charge is 2.22. The second-order valence-corrected chi connectivity index (χ2v) is 35.7. The van der Waals surface area contributed by atoms with Crippen molar-refractivity contribution in [3.05, 3.63) is 311 Å². The molecule has 20 rings (SSSR count). The maximum absolute atomic E-state index is 12.2. The van der Waals surface area contributed by atoms with Crippen molar-refractivity contribution in [3.8, 4) is 62.3 Å². The molecule has 3 fully saturated rings. The van der Waals surface area contributed by atoms with Crippen molar-refractivity contribution in [2.75, 3.05) is 111 Å². The number of pyridine rings is 4. The molecule has 0 bridgehead atoms. The van der Waals surface area contributed by atoms with Gasteiger partial charge in [0.1, 0.15) is 12.4 Å². The van der Waals surface area contributed by atoms with E-state index in [0.717, 1.165) is 146 Å². The van der Waals surface area contributed by atoms with Gasteiger partial charge in [0, 0.05) is 59.9 Å². The number of aliphatic hydroxyl groups excluding tert-OH is 1. The molecule has 0 radical (unpaired) electrons. The molecule has 686 valence electrons. The molecule has 0 aliphatic carbocycles. The molecule has 28 nitrogen and oxygen atoms in total. The summed E-state index contributed by atoms with van der Waals surface area (Å²) >= 11 is 0. The Kier molecular flexibility index (Phi) is 30.7. The van der Waals surface area contributed by atoms with E-state index in [1.165, 1.54) is 145 Å². The van der Waals surface area contributed by atoms with Gasteiger partial charge >= 0.3 is 5.97 Å². The first kappa shape index (κ1) is 91.5. The highest BCUT2D eigenvalue weighted by molar-refractivity contribution is 7.86. The number of benzene rings is 7. The minimum atomic E-state index is -3.47. The van der Waals surface area contributed by atoms with E-state index in [0.29, 0.717) is 56.2 Å². The number of hydrogen-bond acceptors (Lipinski definition) is 23. The third-order valence-electron chi connectivity index (χ3n) is 24.1. The smallest absolute Gasteiger partial charge is 0.338 e. The number of likely N-dealkylation sites (N-methyl/N-ethyl adjacent to an activating group) is 1. The lowest BCUT2D eigenvalue weighted by Crippen LogP contribution is -2.20. The number of hydrogen-bond donors (Lipinski definition) is 3. The Balaban J connectivity index is 0.000000124. The molecule has 0 saturated carbocycles. The second-order valence-electron chi connectivity index (χ2n) is 34.0. The molecule has 3 saturated heterocycles. The van der Waals surface area contributed by atoms with Gasteiger partial charge < -0.3 is 49.4 Å². The number of carbonyl (C=O) groups excluding carboxylic acids is 1. The third-order valence-corrected chi connectivity index (χ3v) is 24.7. The molecule has 13 heterocycles. The Labute approximate surface area is 775 Å². The minimum Gasteiger partial charge on any atom is -0.492 e. The molecule has 133 heavy (non-hydrogen) atoms. The van der Waals surface area contributed by atoms with Crippen LogP contribution < -0.4 is 24.8 Å². The number of nitrogens with one attached hydrogen (secondary N) is 2. The van der Waals surface area contributed by atoms with E-state index in [1.54, 1.807) is 21.5 Å². The summed E-state index contributed by atoms with van der Waals surface area (Å²) < 4.78 is 58.0. The number of esters is 1. The predicted molar refractivity (Wildman–Crippen MR) is 517 cm³/mol. The topological polar surface area (TPSA) is 290 Å². The van der Waals surface area contributed by atoms with E-state index in [-0.39, 0.29) is 26.0 Å². The van der Waals surface area contributed by atoms with Crippen molar-refractivity contribution in [1.29, 1.82) is 0 Å². The van der Waals surface area contributed by atoms with Crippen LogP contribution in [0.5, 0.6) is 17.2 Å². The fraction of sp³-hybridized carbons (Fsp3) is 0.327. The zero-order valence-electron chi connectivity index (χ0n) is 75.8. The largest absolute Gasteiger partial charge is 0.492 e. The third kappa shape index (κ3) is 24.9. The van der Waals surface area contributed by atoms with Crippen molar-refractivity contribution >= 4 is 50.3 Å². The summed E-state index contributed by atoms with van der Waals surface area (Å²) in [7, 11) is -1.56. The SMILES string of the molecule is CCOC(=O)c1cccc(-c2cccc3nc(Cc4ccc(CCCN5CCCC5)cc4)nn23)c1.CNCCOc1cccc(Cc2nc3cccc(-c4ccc5c(c4)OCO5)n3n2)c1.CS(=O)(=O)OCCn1cc(-c2cccc3nc(Nc4ccc(CCCN5CCCC5)cc4)nn23)cn1.OCc1cccc(-c2cccc3nc(Cc4ccc(CCCN5CCCC5)cc4)nn23)c1. The number of ether oxygens (including phenoxy) is 4. The summed E-state index contributed by atoms with van der Waals surface area (Å²) in [6.45, 7) is 15.4. The van der Waals surface area contributed by atoms with Gasteiger partial charge in [-0.15, -0.1) is 5.10 Å². The average molecular weight is 1810 g/mol. The fourth-order valence-corrected chi connectivity index (χ4v) is 17.7. The van der Waals surface area contributed by atoms with Crippen molar-refractivity contribution in [2.45, 2.75) is 116 Å². The molecule has 9 aromatic heterocycles. The summed E-state index contributed by atoms with van der Waals surface area (Å²) in [5, 5.41) is 39.2. The average Bonchev–Trinajstić information content (AvgIpc) is 1.62. The molecular formula is C104H115N19O9S. The van der Waals surface area contributed by atoms with Crippen LogP contribution in [0.15, 0.2) is 249 Å². The minimum absolute atomic E-state index is 0.0266. The molecule has 0 spiro atoms. The van der Waals surface area contributed by atoms with Gasteiger partial charge in [-0.05, 0) is 298 Å². The molecule has 0 unspecified atom stereocenters. The van der Waals surface area contributed by atoms with Gasteiger partial charge in [0.05, 0.1) is 67.2 Å². The lowest BCUT2D eigenvalue weighted by molar-refractivity contribution is 0.0526. The number of anilines is 2. The standard InChI is InChI=1S/C29H32N4O2.C27H30N4O.C25H31N7O3S.C23H22N4O3/c1-2-35-29(34)25-10-5-9-24(21-25)26-11-6-12-28-30-27(31-33(26)28)20-23-15-13-22(14-16-23)8-7-19-32-17-3-4-18-32;32-20-23-6-3-8-24(18-23)25-9-4-10-27-28-26(29-31(25)27)19-22-13-11-21(12-14-22)7-5-17-30-15-1-2-16-30;1-36(33,34)35-17-16-31-19-21(18-26-31)23-7-4-8-24-28-25(29-32(23)24)27-22-11-9-20(10-12-22)6-5-15-30-13-2-3-14-30;1-24-10-11-28-18-5-2-4-16(12-18)13-22-25-23-7-3-6-19(27(23)26-22)17-8-9-20-21(14-17)30-15-29-20/h5-6,9-16,21H,2-4,7-8,17-20H2,1H3;3-4,6,8-14,18,32H,1-2,5,7,15-17,19-20H2;4,7-12,18-19H,2-3,5-6,13-17H2,1H3,(H,27,29);2-9,12,14,24H,10-11,13,15H2,1H3.